The summed E-state index contributed by atoms with van der Waals surface area (Å²) in [4.78, 5) is 0. The van der Waals surface area contributed by atoms with E-state index in [-0.39, 0.29) is 5.54 Å². The van der Waals surface area contributed by atoms with E-state index in [1.807, 2.05) is 17.8 Å². The number of nitrogens with zero attached hydrogens (tertiary/aromatic N) is 4. The third-order valence-corrected chi connectivity index (χ3v) is 3.61. The van der Waals surface area contributed by atoms with Crippen LogP contribution in [0.1, 0.15) is 50.3 Å². The summed E-state index contributed by atoms with van der Waals surface area (Å²) < 4.78 is 4.10. The van der Waals surface area contributed by atoms with Crippen molar-refractivity contribution in [3.8, 4) is 0 Å². The van der Waals surface area contributed by atoms with E-state index in [0.29, 0.717) is 0 Å². The van der Waals surface area contributed by atoms with Gasteiger partial charge in [0.1, 0.15) is 0 Å². The molecule has 0 radical (unpaired) electrons. The fourth-order valence-corrected chi connectivity index (χ4v) is 2.33. The van der Waals surface area contributed by atoms with Crippen LogP contribution in [0.3, 0.4) is 0 Å². The number of aromatic nitrogens is 4. The summed E-state index contributed by atoms with van der Waals surface area (Å²) in [5.74, 6) is 0. The second-order valence-corrected chi connectivity index (χ2v) is 6.61. The van der Waals surface area contributed by atoms with Crippen molar-refractivity contribution in [1.82, 2.24) is 24.9 Å². The summed E-state index contributed by atoms with van der Waals surface area (Å²) >= 11 is 0. The van der Waals surface area contributed by atoms with Crippen molar-refractivity contribution in [2.45, 2.75) is 66.7 Å². The Kier molecular flexibility index (Phi) is 4.52. The molecule has 0 aliphatic rings. The summed E-state index contributed by atoms with van der Waals surface area (Å²) in [6.45, 7) is 15.3. The van der Waals surface area contributed by atoms with Crippen LogP contribution in [0.5, 0.6) is 0 Å². The van der Waals surface area contributed by atoms with E-state index < -0.39 is 0 Å². The summed E-state index contributed by atoms with van der Waals surface area (Å²) in [5, 5.41) is 12.5. The molecule has 0 spiro atoms. The Morgan fingerprint density at radius 1 is 1.19 bits per heavy atom. The highest BCUT2D eigenvalue weighted by Gasteiger charge is 2.13. The van der Waals surface area contributed by atoms with Gasteiger partial charge < -0.3 is 5.32 Å². The predicted octanol–water partition coefficient (Wildman–Crippen LogP) is 2.65. The van der Waals surface area contributed by atoms with Crippen molar-refractivity contribution in [3.63, 3.8) is 0 Å². The molecule has 0 amide bonds. The first kappa shape index (κ1) is 15.8. The van der Waals surface area contributed by atoms with Gasteiger partial charge in [-0.2, -0.15) is 10.2 Å². The number of hydrogen-bond acceptors (Lipinski definition) is 3. The van der Waals surface area contributed by atoms with Gasteiger partial charge in [-0.05, 0) is 47.6 Å². The Bertz CT molecular complexity index is 601. The van der Waals surface area contributed by atoms with Gasteiger partial charge in [0.2, 0.25) is 0 Å². The molecule has 5 heteroatoms. The monoisotopic (exact) mass is 289 g/mol. The van der Waals surface area contributed by atoms with Crippen LogP contribution in [0.25, 0.3) is 0 Å². The Balaban J connectivity index is 2.13. The zero-order chi connectivity index (χ0) is 15.6. The first-order chi connectivity index (χ1) is 9.80. The molecule has 116 valence electrons. The highest BCUT2D eigenvalue weighted by molar-refractivity contribution is 5.18. The fraction of sp³-hybridized carbons (Fsp3) is 0.625. The van der Waals surface area contributed by atoms with Crippen LogP contribution >= 0.6 is 0 Å². The quantitative estimate of drug-likeness (QED) is 0.920. The minimum Gasteiger partial charge on any atom is -0.308 e. The molecule has 2 rings (SSSR count). The maximum absolute atomic E-state index is 4.53. The van der Waals surface area contributed by atoms with Gasteiger partial charge in [-0.1, -0.05) is 0 Å². The topological polar surface area (TPSA) is 47.7 Å². The summed E-state index contributed by atoms with van der Waals surface area (Å²) in [6.07, 6.45) is 1.97. The SMILES string of the molecule is CCn1nc(C)cc1Cn1ncc(CNC(C)(C)C)c1C. The third-order valence-electron chi connectivity index (χ3n) is 3.61. The highest BCUT2D eigenvalue weighted by Crippen LogP contribution is 2.12. The molecule has 2 heterocycles. The van der Waals surface area contributed by atoms with Crippen LogP contribution in [0.2, 0.25) is 0 Å². The van der Waals surface area contributed by atoms with E-state index in [1.54, 1.807) is 0 Å². The first-order valence-electron chi connectivity index (χ1n) is 7.60. The maximum Gasteiger partial charge on any atom is 0.0831 e. The highest BCUT2D eigenvalue weighted by atomic mass is 15.3. The lowest BCUT2D eigenvalue weighted by molar-refractivity contribution is 0.423. The molecule has 0 aromatic carbocycles. The van der Waals surface area contributed by atoms with E-state index in [1.165, 1.54) is 17.0 Å². The molecule has 0 aliphatic carbocycles. The first-order valence-corrected chi connectivity index (χ1v) is 7.60. The second kappa shape index (κ2) is 6.02. The van der Waals surface area contributed by atoms with Crippen LogP contribution in [-0.4, -0.2) is 25.1 Å². The number of hydrogen-bond donors (Lipinski definition) is 1. The molecule has 21 heavy (non-hydrogen) atoms. The van der Waals surface area contributed by atoms with Gasteiger partial charge in [0.05, 0.1) is 24.1 Å². The van der Waals surface area contributed by atoms with Crippen molar-refractivity contribution in [2.75, 3.05) is 0 Å². The van der Waals surface area contributed by atoms with Gasteiger partial charge >= 0.3 is 0 Å². The fourth-order valence-electron chi connectivity index (χ4n) is 2.33. The standard InChI is InChI=1S/C16H27N5/c1-7-20-15(8-12(2)19-20)11-21-13(3)14(10-18-21)9-17-16(4,5)6/h8,10,17H,7,9,11H2,1-6H3. The Morgan fingerprint density at radius 3 is 2.52 bits per heavy atom. The number of rotatable bonds is 5. The molecule has 0 unspecified atom stereocenters. The third kappa shape index (κ3) is 3.94. The zero-order valence-electron chi connectivity index (χ0n) is 14.1. The summed E-state index contributed by atoms with van der Waals surface area (Å²) in [5.41, 5.74) is 4.85. The molecule has 0 aliphatic heterocycles. The van der Waals surface area contributed by atoms with Crippen molar-refractivity contribution in [2.24, 2.45) is 0 Å². The van der Waals surface area contributed by atoms with Gasteiger partial charge in [0.25, 0.3) is 0 Å². The Labute approximate surface area is 127 Å². The Morgan fingerprint density at radius 2 is 1.90 bits per heavy atom. The van der Waals surface area contributed by atoms with E-state index in [9.17, 15) is 0 Å². The van der Waals surface area contributed by atoms with Gasteiger partial charge in [0.15, 0.2) is 0 Å². The summed E-state index contributed by atoms with van der Waals surface area (Å²) in [6, 6.07) is 2.14. The molecule has 0 saturated heterocycles. The van der Waals surface area contributed by atoms with Gasteiger partial charge in [-0.3, -0.25) is 9.36 Å². The molecule has 0 bridgehead atoms. The minimum absolute atomic E-state index is 0.118. The van der Waals surface area contributed by atoms with Crippen LogP contribution < -0.4 is 5.32 Å². The van der Waals surface area contributed by atoms with Gasteiger partial charge in [-0.15, -0.1) is 0 Å². The molecule has 5 nitrogen and oxygen atoms in total. The molecular weight excluding hydrogens is 262 g/mol. The molecule has 2 aromatic heterocycles. The van der Waals surface area contributed by atoms with Crippen LogP contribution in [0.4, 0.5) is 0 Å². The van der Waals surface area contributed by atoms with Crippen LogP contribution in [0, 0.1) is 13.8 Å². The molecular formula is C16H27N5. The molecule has 2 aromatic rings. The average molecular weight is 289 g/mol. The lowest BCUT2D eigenvalue weighted by atomic mass is 10.1. The number of aryl methyl sites for hydroxylation is 2. The normalized spacial score (nSPS) is 12.1. The maximum atomic E-state index is 4.53. The largest absolute Gasteiger partial charge is 0.308 e. The van der Waals surface area contributed by atoms with E-state index >= 15 is 0 Å². The predicted molar refractivity (Wildman–Crippen MR) is 85.3 cm³/mol. The van der Waals surface area contributed by atoms with E-state index in [0.717, 1.165) is 25.3 Å². The van der Waals surface area contributed by atoms with Crippen LogP contribution in [-0.2, 0) is 19.6 Å². The van der Waals surface area contributed by atoms with Crippen molar-refractivity contribution >= 4 is 0 Å². The second-order valence-electron chi connectivity index (χ2n) is 6.61. The molecule has 0 atom stereocenters. The van der Waals surface area contributed by atoms with Gasteiger partial charge in [-0.25, -0.2) is 0 Å². The summed E-state index contributed by atoms with van der Waals surface area (Å²) in [7, 11) is 0. The zero-order valence-corrected chi connectivity index (χ0v) is 14.1. The lowest BCUT2D eigenvalue weighted by Crippen LogP contribution is -2.35. The molecule has 1 N–H and O–H groups in total. The average Bonchev–Trinajstić information content (AvgIpc) is 2.91. The van der Waals surface area contributed by atoms with Crippen molar-refractivity contribution in [3.05, 3.63) is 34.9 Å². The van der Waals surface area contributed by atoms with E-state index in [4.69, 9.17) is 0 Å². The van der Waals surface area contributed by atoms with Crippen molar-refractivity contribution < 1.29 is 0 Å². The van der Waals surface area contributed by atoms with Crippen molar-refractivity contribution in [1.29, 1.82) is 0 Å². The smallest absolute Gasteiger partial charge is 0.0831 e. The Hall–Kier alpha value is -1.62. The lowest BCUT2D eigenvalue weighted by Gasteiger charge is -2.20. The van der Waals surface area contributed by atoms with Gasteiger partial charge in [0, 0.05) is 29.9 Å². The molecule has 0 fully saturated rings. The molecule has 0 saturated carbocycles. The number of nitrogens with one attached hydrogen (secondary N) is 1. The van der Waals surface area contributed by atoms with E-state index in [2.05, 4.69) is 60.9 Å². The minimum atomic E-state index is 0.118. The van der Waals surface area contributed by atoms with Crippen LogP contribution in [0.15, 0.2) is 12.3 Å².